The van der Waals surface area contributed by atoms with Crippen molar-refractivity contribution in [3.63, 3.8) is 0 Å². The summed E-state index contributed by atoms with van der Waals surface area (Å²) in [4.78, 5) is 13.6. The zero-order valence-electron chi connectivity index (χ0n) is 9.37. The van der Waals surface area contributed by atoms with Crippen LogP contribution in [-0.4, -0.2) is 42.6 Å². The topological polar surface area (TPSA) is 55.6 Å². The van der Waals surface area contributed by atoms with Crippen molar-refractivity contribution in [1.29, 1.82) is 0 Å². The van der Waals surface area contributed by atoms with Crippen LogP contribution in [0.5, 0.6) is 0 Å². The first-order chi connectivity index (χ1) is 7.13. The molecule has 4 nitrogen and oxygen atoms in total. The molecule has 86 valence electrons. The number of carbonyl (C=O) groups excluding carboxylic acids is 1. The molecule has 0 aromatic rings. The molecule has 0 aromatic carbocycles. The molecule has 0 spiro atoms. The zero-order chi connectivity index (χ0) is 10.9. The third kappa shape index (κ3) is 2.32. The number of carbonyl (C=O) groups is 1. The third-order valence-corrected chi connectivity index (χ3v) is 3.45. The van der Waals surface area contributed by atoms with E-state index in [1.54, 1.807) is 0 Å². The molecule has 0 radical (unpaired) electrons. The summed E-state index contributed by atoms with van der Waals surface area (Å²) in [5.41, 5.74) is 5.48. The van der Waals surface area contributed by atoms with Crippen LogP contribution in [0.1, 0.15) is 26.2 Å². The molecule has 2 rings (SSSR count). The molecule has 2 unspecified atom stereocenters. The number of amides is 1. The van der Waals surface area contributed by atoms with Gasteiger partial charge in [0.25, 0.3) is 0 Å². The van der Waals surface area contributed by atoms with Crippen molar-refractivity contribution >= 4 is 5.91 Å². The van der Waals surface area contributed by atoms with Crippen LogP contribution >= 0.6 is 0 Å². The van der Waals surface area contributed by atoms with E-state index in [4.69, 9.17) is 10.5 Å². The number of hydrogen-bond acceptors (Lipinski definition) is 3. The van der Waals surface area contributed by atoms with Gasteiger partial charge in [0, 0.05) is 26.1 Å². The Kier molecular flexibility index (Phi) is 2.98. The summed E-state index contributed by atoms with van der Waals surface area (Å²) in [6.07, 6.45) is 2.79. The van der Waals surface area contributed by atoms with Crippen LogP contribution in [0.25, 0.3) is 0 Å². The Labute approximate surface area is 90.8 Å². The summed E-state index contributed by atoms with van der Waals surface area (Å²) in [7, 11) is 0. The van der Waals surface area contributed by atoms with Gasteiger partial charge in [0.1, 0.15) is 0 Å². The highest BCUT2D eigenvalue weighted by Gasteiger charge is 2.37. The Morgan fingerprint density at radius 3 is 3.00 bits per heavy atom. The van der Waals surface area contributed by atoms with Crippen molar-refractivity contribution < 1.29 is 9.53 Å². The molecule has 2 heterocycles. The van der Waals surface area contributed by atoms with Gasteiger partial charge in [0.15, 0.2) is 0 Å². The number of likely N-dealkylation sites (tertiary alicyclic amines) is 1. The molecule has 0 aliphatic carbocycles. The SMILES string of the molecule is CC1(CN2CC(CN)CC2=O)CCCO1. The van der Waals surface area contributed by atoms with Gasteiger partial charge in [0.05, 0.1) is 5.60 Å². The summed E-state index contributed by atoms with van der Waals surface area (Å²) in [5, 5.41) is 0. The molecule has 2 saturated heterocycles. The number of nitrogens with two attached hydrogens (primary N) is 1. The van der Waals surface area contributed by atoms with E-state index in [1.807, 2.05) is 4.90 Å². The van der Waals surface area contributed by atoms with Crippen molar-refractivity contribution in [3.8, 4) is 0 Å². The maximum atomic E-state index is 11.7. The smallest absolute Gasteiger partial charge is 0.223 e. The molecule has 2 aliphatic rings. The first-order valence-electron chi connectivity index (χ1n) is 5.75. The van der Waals surface area contributed by atoms with Crippen molar-refractivity contribution in [2.75, 3.05) is 26.2 Å². The second-order valence-electron chi connectivity index (χ2n) is 4.98. The fourth-order valence-corrected chi connectivity index (χ4v) is 2.53. The lowest BCUT2D eigenvalue weighted by Crippen LogP contribution is -2.41. The van der Waals surface area contributed by atoms with E-state index in [0.29, 0.717) is 18.9 Å². The van der Waals surface area contributed by atoms with Crippen LogP contribution in [0.2, 0.25) is 0 Å². The predicted octanol–water partition coefficient (Wildman–Crippen LogP) is 0.363. The summed E-state index contributed by atoms with van der Waals surface area (Å²) in [6.45, 7) is 5.10. The highest BCUT2D eigenvalue weighted by Crippen LogP contribution is 2.28. The molecule has 4 heteroatoms. The van der Waals surface area contributed by atoms with E-state index in [0.717, 1.165) is 32.5 Å². The Bertz CT molecular complexity index is 249. The normalized spacial score (nSPS) is 36.5. The standard InChI is InChI=1S/C11H20N2O2/c1-11(3-2-4-15-11)8-13-7-9(6-12)5-10(13)14/h9H,2-8,12H2,1H3. The molecule has 15 heavy (non-hydrogen) atoms. The van der Waals surface area contributed by atoms with Gasteiger partial charge in [-0.1, -0.05) is 0 Å². The lowest BCUT2D eigenvalue weighted by Gasteiger charge is -2.29. The molecule has 2 aliphatic heterocycles. The second kappa shape index (κ2) is 4.10. The van der Waals surface area contributed by atoms with Crippen LogP contribution in [0, 0.1) is 5.92 Å². The Hall–Kier alpha value is -0.610. The minimum absolute atomic E-state index is 0.112. The van der Waals surface area contributed by atoms with Crippen LogP contribution in [-0.2, 0) is 9.53 Å². The van der Waals surface area contributed by atoms with Gasteiger partial charge in [-0.05, 0) is 32.2 Å². The van der Waals surface area contributed by atoms with Crippen molar-refractivity contribution in [2.45, 2.75) is 31.8 Å². The highest BCUT2D eigenvalue weighted by molar-refractivity contribution is 5.78. The fraction of sp³-hybridized carbons (Fsp3) is 0.909. The largest absolute Gasteiger partial charge is 0.373 e. The summed E-state index contributed by atoms with van der Waals surface area (Å²) in [6, 6.07) is 0. The third-order valence-electron chi connectivity index (χ3n) is 3.45. The highest BCUT2D eigenvalue weighted by atomic mass is 16.5. The first-order valence-corrected chi connectivity index (χ1v) is 5.75. The minimum Gasteiger partial charge on any atom is -0.373 e. The van der Waals surface area contributed by atoms with E-state index in [9.17, 15) is 4.79 Å². The van der Waals surface area contributed by atoms with Gasteiger partial charge in [0.2, 0.25) is 5.91 Å². The van der Waals surface area contributed by atoms with Crippen LogP contribution in [0.4, 0.5) is 0 Å². The van der Waals surface area contributed by atoms with E-state index in [2.05, 4.69) is 6.92 Å². The molecular weight excluding hydrogens is 192 g/mol. The minimum atomic E-state index is -0.112. The number of ether oxygens (including phenoxy) is 1. The summed E-state index contributed by atoms with van der Waals surface area (Å²) >= 11 is 0. The monoisotopic (exact) mass is 212 g/mol. The summed E-state index contributed by atoms with van der Waals surface area (Å²) < 4.78 is 5.69. The molecule has 0 saturated carbocycles. The lowest BCUT2D eigenvalue weighted by atomic mass is 10.0. The average Bonchev–Trinajstić information content (AvgIpc) is 2.75. The number of hydrogen-bond donors (Lipinski definition) is 1. The van der Waals surface area contributed by atoms with Gasteiger partial charge >= 0.3 is 0 Å². The van der Waals surface area contributed by atoms with Gasteiger partial charge < -0.3 is 15.4 Å². The predicted molar refractivity (Wildman–Crippen MR) is 57.3 cm³/mol. The van der Waals surface area contributed by atoms with Crippen LogP contribution in [0.15, 0.2) is 0 Å². The molecule has 2 fully saturated rings. The maximum Gasteiger partial charge on any atom is 0.223 e. The Morgan fingerprint density at radius 2 is 2.47 bits per heavy atom. The van der Waals surface area contributed by atoms with Crippen LogP contribution in [0.3, 0.4) is 0 Å². The van der Waals surface area contributed by atoms with Gasteiger partial charge in [-0.2, -0.15) is 0 Å². The zero-order valence-corrected chi connectivity index (χ0v) is 9.37. The first kappa shape index (κ1) is 10.9. The van der Waals surface area contributed by atoms with Gasteiger partial charge in [-0.15, -0.1) is 0 Å². The van der Waals surface area contributed by atoms with Crippen molar-refractivity contribution in [3.05, 3.63) is 0 Å². The molecule has 1 amide bonds. The Morgan fingerprint density at radius 1 is 1.67 bits per heavy atom. The van der Waals surface area contributed by atoms with Gasteiger partial charge in [-0.3, -0.25) is 4.79 Å². The quantitative estimate of drug-likeness (QED) is 0.735. The molecule has 0 aromatic heterocycles. The van der Waals surface area contributed by atoms with Crippen molar-refractivity contribution in [2.24, 2.45) is 11.7 Å². The van der Waals surface area contributed by atoms with Crippen molar-refractivity contribution in [1.82, 2.24) is 4.90 Å². The molecule has 2 atom stereocenters. The second-order valence-corrected chi connectivity index (χ2v) is 4.98. The van der Waals surface area contributed by atoms with Gasteiger partial charge in [-0.25, -0.2) is 0 Å². The summed E-state index contributed by atoms with van der Waals surface area (Å²) in [5.74, 6) is 0.588. The van der Waals surface area contributed by atoms with Crippen LogP contribution < -0.4 is 5.73 Å². The molecular formula is C11H20N2O2. The number of nitrogens with zero attached hydrogens (tertiary/aromatic N) is 1. The van der Waals surface area contributed by atoms with E-state index in [1.165, 1.54) is 0 Å². The Balaban J connectivity index is 1.92. The lowest BCUT2D eigenvalue weighted by molar-refractivity contribution is -0.130. The van der Waals surface area contributed by atoms with E-state index in [-0.39, 0.29) is 11.5 Å². The maximum absolute atomic E-state index is 11.7. The van der Waals surface area contributed by atoms with E-state index < -0.39 is 0 Å². The fourth-order valence-electron chi connectivity index (χ4n) is 2.53. The number of rotatable bonds is 3. The molecule has 2 N–H and O–H groups in total. The molecule has 0 bridgehead atoms. The van der Waals surface area contributed by atoms with E-state index >= 15 is 0 Å². The average molecular weight is 212 g/mol.